The van der Waals surface area contributed by atoms with Gasteiger partial charge in [0.1, 0.15) is 5.75 Å². The lowest BCUT2D eigenvalue weighted by atomic mass is 9.97. The Morgan fingerprint density at radius 3 is 2.80 bits per heavy atom. The van der Waals surface area contributed by atoms with E-state index in [0.29, 0.717) is 12.0 Å². The highest BCUT2D eigenvalue weighted by Gasteiger charge is 2.22. The van der Waals surface area contributed by atoms with Crippen LogP contribution in [0.5, 0.6) is 5.75 Å². The molecule has 0 amide bonds. The molecular weight excluding hydrogens is 254 g/mol. The quantitative estimate of drug-likeness (QED) is 0.892. The maximum absolute atomic E-state index is 5.22. The lowest BCUT2D eigenvalue weighted by Crippen LogP contribution is -2.16. The van der Waals surface area contributed by atoms with Gasteiger partial charge >= 0.3 is 0 Å². The second-order valence-corrected chi connectivity index (χ2v) is 4.99. The smallest absolute Gasteiger partial charge is 0.133 e. The summed E-state index contributed by atoms with van der Waals surface area (Å²) in [5, 5.41) is 3.47. The predicted octanol–water partition coefficient (Wildman–Crippen LogP) is 2.92. The van der Waals surface area contributed by atoms with Gasteiger partial charge in [0.25, 0.3) is 0 Å². The number of ether oxygens (including phenoxy) is 1. The topological polar surface area (TPSA) is 21.3 Å². The molecule has 0 bridgehead atoms. The number of benzene rings is 1. The summed E-state index contributed by atoms with van der Waals surface area (Å²) < 4.78 is 6.26. The number of nitrogens with one attached hydrogen (secondary N) is 1. The van der Waals surface area contributed by atoms with Crippen molar-refractivity contribution in [3.8, 4) is 5.75 Å². The van der Waals surface area contributed by atoms with E-state index in [1.54, 1.807) is 7.11 Å². The van der Waals surface area contributed by atoms with Crippen LogP contribution in [0.25, 0.3) is 0 Å². The van der Waals surface area contributed by atoms with E-state index in [2.05, 4.69) is 40.3 Å². The lowest BCUT2D eigenvalue weighted by molar-refractivity contribution is 0.412. The molecule has 0 aliphatic carbocycles. The SMILES string of the molecule is COc1ccc(C2CNC(C)C2)cc1Br. The van der Waals surface area contributed by atoms with E-state index in [1.807, 2.05) is 6.07 Å². The summed E-state index contributed by atoms with van der Waals surface area (Å²) in [6, 6.07) is 7.00. The predicted molar refractivity (Wildman–Crippen MR) is 65.5 cm³/mol. The Labute approximate surface area is 99.1 Å². The van der Waals surface area contributed by atoms with E-state index < -0.39 is 0 Å². The number of methoxy groups -OCH3 is 1. The zero-order chi connectivity index (χ0) is 10.8. The van der Waals surface area contributed by atoms with Gasteiger partial charge in [-0.05, 0) is 52.9 Å². The van der Waals surface area contributed by atoms with E-state index >= 15 is 0 Å². The minimum absolute atomic E-state index is 0.635. The number of halogens is 1. The van der Waals surface area contributed by atoms with Crippen LogP contribution in [0.1, 0.15) is 24.8 Å². The van der Waals surface area contributed by atoms with Gasteiger partial charge in [0.05, 0.1) is 11.6 Å². The first-order valence-corrected chi connectivity index (χ1v) is 6.07. The second kappa shape index (κ2) is 4.54. The third-order valence-electron chi connectivity index (χ3n) is 3.00. The first-order chi connectivity index (χ1) is 7.20. The first kappa shape index (κ1) is 11.0. The van der Waals surface area contributed by atoms with Crippen LogP contribution in [-0.4, -0.2) is 19.7 Å². The zero-order valence-electron chi connectivity index (χ0n) is 9.09. The van der Waals surface area contributed by atoms with Crippen molar-refractivity contribution in [2.75, 3.05) is 13.7 Å². The highest BCUT2D eigenvalue weighted by molar-refractivity contribution is 9.10. The van der Waals surface area contributed by atoms with E-state index in [0.717, 1.165) is 16.8 Å². The lowest BCUT2D eigenvalue weighted by Gasteiger charge is -2.11. The molecule has 2 nitrogen and oxygen atoms in total. The van der Waals surface area contributed by atoms with Gasteiger partial charge in [-0.15, -0.1) is 0 Å². The molecule has 2 atom stereocenters. The van der Waals surface area contributed by atoms with Crippen LogP contribution in [0.2, 0.25) is 0 Å². The molecular formula is C12H16BrNO. The van der Waals surface area contributed by atoms with Crippen molar-refractivity contribution >= 4 is 15.9 Å². The molecule has 1 saturated heterocycles. The number of rotatable bonds is 2. The Balaban J connectivity index is 2.19. The molecule has 3 heteroatoms. The highest BCUT2D eigenvalue weighted by atomic mass is 79.9. The van der Waals surface area contributed by atoms with Gasteiger partial charge in [-0.1, -0.05) is 6.07 Å². The van der Waals surface area contributed by atoms with E-state index in [-0.39, 0.29) is 0 Å². The summed E-state index contributed by atoms with van der Waals surface area (Å²) in [6.07, 6.45) is 1.22. The number of hydrogen-bond acceptors (Lipinski definition) is 2. The molecule has 15 heavy (non-hydrogen) atoms. The highest BCUT2D eigenvalue weighted by Crippen LogP contribution is 2.32. The van der Waals surface area contributed by atoms with Gasteiger partial charge < -0.3 is 10.1 Å². The summed E-state index contributed by atoms with van der Waals surface area (Å²) in [4.78, 5) is 0. The average molecular weight is 270 g/mol. The maximum Gasteiger partial charge on any atom is 0.133 e. The van der Waals surface area contributed by atoms with Crippen LogP contribution < -0.4 is 10.1 Å². The van der Waals surface area contributed by atoms with Gasteiger partial charge in [0, 0.05) is 12.6 Å². The molecule has 0 spiro atoms. The average Bonchev–Trinajstić information content (AvgIpc) is 2.65. The Bertz CT molecular complexity index is 353. The van der Waals surface area contributed by atoms with Gasteiger partial charge in [-0.25, -0.2) is 0 Å². The van der Waals surface area contributed by atoms with Crippen LogP contribution in [0.4, 0.5) is 0 Å². The van der Waals surface area contributed by atoms with Crippen molar-refractivity contribution in [1.29, 1.82) is 0 Å². The molecule has 82 valence electrons. The summed E-state index contributed by atoms with van der Waals surface area (Å²) in [5.74, 6) is 1.54. The van der Waals surface area contributed by atoms with Gasteiger partial charge in [-0.3, -0.25) is 0 Å². The fourth-order valence-electron chi connectivity index (χ4n) is 2.13. The van der Waals surface area contributed by atoms with Crippen molar-refractivity contribution in [2.45, 2.75) is 25.3 Å². The van der Waals surface area contributed by atoms with Crippen molar-refractivity contribution in [2.24, 2.45) is 0 Å². The molecule has 1 aromatic rings. The van der Waals surface area contributed by atoms with E-state index in [9.17, 15) is 0 Å². The van der Waals surface area contributed by atoms with E-state index in [1.165, 1.54) is 12.0 Å². The summed E-state index contributed by atoms with van der Waals surface area (Å²) in [5.41, 5.74) is 1.39. The molecule has 2 unspecified atom stereocenters. The number of hydrogen-bond donors (Lipinski definition) is 1. The summed E-state index contributed by atoms with van der Waals surface area (Å²) in [6.45, 7) is 3.32. The van der Waals surface area contributed by atoms with Gasteiger partial charge in [-0.2, -0.15) is 0 Å². The maximum atomic E-state index is 5.22. The zero-order valence-corrected chi connectivity index (χ0v) is 10.7. The minimum Gasteiger partial charge on any atom is -0.496 e. The fraction of sp³-hybridized carbons (Fsp3) is 0.500. The second-order valence-electron chi connectivity index (χ2n) is 4.14. The van der Waals surface area contributed by atoms with Crippen LogP contribution in [0.15, 0.2) is 22.7 Å². The minimum atomic E-state index is 0.635. The van der Waals surface area contributed by atoms with Crippen molar-refractivity contribution < 1.29 is 4.74 Å². The Morgan fingerprint density at radius 2 is 2.27 bits per heavy atom. The molecule has 1 N–H and O–H groups in total. The largest absolute Gasteiger partial charge is 0.496 e. The molecule has 0 aromatic heterocycles. The third kappa shape index (κ3) is 2.34. The molecule has 1 fully saturated rings. The fourth-order valence-corrected chi connectivity index (χ4v) is 2.69. The summed E-state index contributed by atoms with van der Waals surface area (Å²) in [7, 11) is 1.69. The Morgan fingerprint density at radius 1 is 1.47 bits per heavy atom. The van der Waals surface area contributed by atoms with Crippen molar-refractivity contribution in [3.63, 3.8) is 0 Å². The van der Waals surface area contributed by atoms with Gasteiger partial charge in [0.15, 0.2) is 0 Å². The molecule has 1 heterocycles. The van der Waals surface area contributed by atoms with Crippen LogP contribution in [0, 0.1) is 0 Å². The van der Waals surface area contributed by atoms with E-state index in [4.69, 9.17) is 4.74 Å². The molecule has 0 radical (unpaired) electrons. The monoisotopic (exact) mass is 269 g/mol. The third-order valence-corrected chi connectivity index (χ3v) is 3.62. The normalized spacial score (nSPS) is 25.5. The Kier molecular flexibility index (Phi) is 3.32. The molecule has 1 aromatic carbocycles. The Hall–Kier alpha value is -0.540. The molecule has 1 aliphatic heterocycles. The standard InChI is InChI=1S/C12H16BrNO/c1-8-5-10(7-14-8)9-3-4-12(15-2)11(13)6-9/h3-4,6,8,10,14H,5,7H2,1-2H3. The first-order valence-electron chi connectivity index (χ1n) is 5.27. The van der Waals surface area contributed by atoms with Crippen LogP contribution >= 0.6 is 15.9 Å². The van der Waals surface area contributed by atoms with Crippen molar-refractivity contribution in [1.82, 2.24) is 5.32 Å². The van der Waals surface area contributed by atoms with Crippen molar-refractivity contribution in [3.05, 3.63) is 28.2 Å². The molecule has 0 saturated carbocycles. The van der Waals surface area contributed by atoms with Crippen LogP contribution in [-0.2, 0) is 0 Å². The molecule has 2 rings (SSSR count). The van der Waals surface area contributed by atoms with Gasteiger partial charge in [0.2, 0.25) is 0 Å². The van der Waals surface area contributed by atoms with Crippen LogP contribution in [0.3, 0.4) is 0 Å². The summed E-state index contributed by atoms with van der Waals surface area (Å²) >= 11 is 3.52. The molecule has 1 aliphatic rings.